The van der Waals surface area contributed by atoms with Crippen LogP contribution < -0.4 is 25.8 Å². The fourth-order valence-corrected chi connectivity index (χ4v) is 13.1. The summed E-state index contributed by atoms with van der Waals surface area (Å²) in [5, 5.41) is 8.88. The summed E-state index contributed by atoms with van der Waals surface area (Å²) < 4.78 is 36.6. The molecule has 444 valence electrons. The number of benzene rings is 4. The highest BCUT2D eigenvalue weighted by atomic mass is 32.2. The molecule has 0 spiro atoms. The van der Waals surface area contributed by atoms with Crippen molar-refractivity contribution in [2.75, 3.05) is 66.7 Å². The largest absolute Gasteiger partial charge is 0.354 e. The number of aromatic nitrogens is 2. The first-order valence-electron chi connectivity index (χ1n) is 30.2. The number of piperidine rings is 1. The van der Waals surface area contributed by atoms with Gasteiger partial charge in [0.1, 0.15) is 6.54 Å². The zero-order valence-corrected chi connectivity index (χ0v) is 50.2. The topological polar surface area (TPSA) is 189 Å². The lowest BCUT2D eigenvalue weighted by Gasteiger charge is -2.33. The summed E-state index contributed by atoms with van der Waals surface area (Å²) in [7, 11) is -4.00. The van der Waals surface area contributed by atoms with Crippen LogP contribution in [0.4, 0.5) is 28.4 Å². The molecule has 0 saturated carbocycles. The first-order valence-corrected chi connectivity index (χ1v) is 31.8. The second-order valence-corrected chi connectivity index (χ2v) is 25.4. The minimum Gasteiger partial charge on any atom is -0.354 e. The summed E-state index contributed by atoms with van der Waals surface area (Å²) >= 11 is 0. The van der Waals surface area contributed by atoms with Crippen LogP contribution >= 0.6 is 0 Å². The molecular weight excluding hydrogens is 1070 g/mol. The molecule has 4 aromatic carbocycles. The van der Waals surface area contributed by atoms with Crippen molar-refractivity contribution in [3.63, 3.8) is 0 Å². The fraction of sp³-hybridized carbons (Fsp3) is 0.433. The second kappa shape index (κ2) is 27.9. The Morgan fingerprint density at radius 1 is 0.738 bits per heavy atom. The first-order chi connectivity index (χ1) is 40.5. The van der Waals surface area contributed by atoms with E-state index < -0.39 is 10.1 Å². The molecule has 1 fully saturated rings. The average molecular weight is 1160 g/mol. The standard InChI is InChI=1S/C67H83N9O7S/c1-66(2)53-25-11-15-29-57(53)74(60(66)32-7-5-8-33-61-67(3,4)54-26-12-16-30-58(54)75(61)43-21-22-46-84(81,82)83)42-19-6-9-34-62(77)68-39-40-69-63(78)36-35-51-47-73(49-70-51)41-20-18-23-50-37-44-72(45-38-50)48-64(79)76-56-28-14-10-24-52(56)65(80)71-55-27-13-17-31-59(55)76/h5,7-8,10-17,24-33,47,49-50H,6,9,18-23,34-46,48H2,1-4H3,(H3-,68,69,71,77,78,80,81,82,83)/p+1. The highest BCUT2D eigenvalue weighted by molar-refractivity contribution is 7.85. The van der Waals surface area contributed by atoms with Gasteiger partial charge in [0.05, 0.1) is 52.4 Å². The Labute approximate surface area is 496 Å². The van der Waals surface area contributed by atoms with E-state index in [9.17, 15) is 32.1 Å². The molecule has 4 aliphatic heterocycles. The number of carbonyl (C=O) groups is 4. The van der Waals surface area contributed by atoms with Gasteiger partial charge < -0.3 is 25.4 Å². The van der Waals surface area contributed by atoms with Crippen LogP contribution in [0.2, 0.25) is 0 Å². The van der Waals surface area contributed by atoms with Crippen LogP contribution in [0.15, 0.2) is 146 Å². The van der Waals surface area contributed by atoms with E-state index in [4.69, 9.17) is 0 Å². The molecule has 84 heavy (non-hydrogen) atoms. The van der Waals surface area contributed by atoms with E-state index in [0.717, 1.165) is 94.6 Å². The minimum absolute atomic E-state index is 0.0139. The Morgan fingerprint density at radius 3 is 2.19 bits per heavy atom. The van der Waals surface area contributed by atoms with Crippen molar-refractivity contribution in [3.05, 3.63) is 168 Å². The summed E-state index contributed by atoms with van der Waals surface area (Å²) in [5.41, 5.74) is 10.0. The molecule has 0 radical (unpaired) electrons. The maximum Gasteiger partial charge on any atom is 0.264 e. The van der Waals surface area contributed by atoms with Crippen LogP contribution in [0.3, 0.4) is 0 Å². The minimum atomic E-state index is -4.00. The molecule has 5 aromatic rings. The monoisotopic (exact) mass is 1160 g/mol. The van der Waals surface area contributed by atoms with E-state index >= 15 is 0 Å². The zero-order chi connectivity index (χ0) is 59.3. The van der Waals surface area contributed by atoms with Gasteiger partial charge in [-0.1, -0.05) is 106 Å². The zero-order valence-electron chi connectivity index (χ0n) is 49.4. The molecule has 0 atom stereocenters. The summed E-state index contributed by atoms with van der Waals surface area (Å²) in [4.78, 5) is 63.2. The molecule has 0 aliphatic carbocycles. The first kappa shape index (κ1) is 61.1. The Balaban J connectivity index is 0.639. The number of aryl methyl sites for hydroxylation is 2. The molecule has 1 saturated heterocycles. The predicted molar refractivity (Wildman–Crippen MR) is 334 cm³/mol. The van der Waals surface area contributed by atoms with Crippen LogP contribution in [-0.4, -0.2) is 113 Å². The van der Waals surface area contributed by atoms with Crippen molar-refractivity contribution < 1.29 is 36.7 Å². The predicted octanol–water partition coefficient (Wildman–Crippen LogP) is 11.0. The van der Waals surface area contributed by atoms with Gasteiger partial charge in [0.2, 0.25) is 23.4 Å². The molecule has 5 heterocycles. The van der Waals surface area contributed by atoms with E-state index in [1.54, 1.807) is 11.0 Å². The number of imidazole rings is 1. The lowest BCUT2D eigenvalue weighted by Crippen LogP contribution is -2.42. The Bertz CT molecular complexity index is 3410. The van der Waals surface area contributed by atoms with Gasteiger partial charge in [0, 0.05) is 86.1 Å². The van der Waals surface area contributed by atoms with Crippen molar-refractivity contribution in [2.45, 2.75) is 129 Å². The van der Waals surface area contributed by atoms with Crippen LogP contribution in [-0.2, 0) is 48.3 Å². The number of likely N-dealkylation sites (tertiary alicyclic amines) is 1. The molecule has 9 rings (SSSR count). The number of hydrogen-bond donors (Lipinski definition) is 4. The van der Waals surface area contributed by atoms with Crippen LogP contribution in [0.1, 0.15) is 132 Å². The molecule has 4 aliphatic rings. The number of hydrogen-bond acceptors (Lipinski definition) is 9. The van der Waals surface area contributed by atoms with Gasteiger partial charge in [0.25, 0.3) is 16.0 Å². The highest BCUT2D eigenvalue weighted by Gasteiger charge is 2.44. The normalized spacial score (nSPS) is 17.1. The molecule has 1 aromatic heterocycles. The third-order valence-corrected chi connectivity index (χ3v) is 17.9. The van der Waals surface area contributed by atoms with Gasteiger partial charge in [0.15, 0.2) is 5.71 Å². The van der Waals surface area contributed by atoms with Gasteiger partial charge in [-0.25, -0.2) is 4.98 Å². The van der Waals surface area contributed by atoms with Gasteiger partial charge in [-0.3, -0.25) is 33.5 Å². The van der Waals surface area contributed by atoms with Crippen LogP contribution in [0.5, 0.6) is 0 Å². The van der Waals surface area contributed by atoms with Gasteiger partial charge >= 0.3 is 0 Å². The number of allylic oxidation sites excluding steroid dienone is 6. The number of carbonyl (C=O) groups excluding carboxylic acids is 4. The number of amides is 4. The molecule has 17 heteroatoms. The van der Waals surface area contributed by atoms with Gasteiger partial charge in [-0.05, 0) is 126 Å². The van der Waals surface area contributed by atoms with Crippen molar-refractivity contribution in [3.8, 4) is 0 Å². The quantitative estimate of drug-likeness (QED) is 0.0170. The number of anilines is 4. The Morgan fingerprint density at radius 2 is 1.42 bits per heavy atom. The Kier molecular flexibility index (Phi) is 20.3. The van der Waals surface area contributed by atoms with Crippen LogP contribution in [0, 0.1) is 5.92 Å². The SMILES string of the molecule is CC1(C)C(/C=C/C=C/C=C2/N(CCCCS(=O)(=O)O)c3ccccc3C2(C)C)=[N+](CCCCCC(=O)NCCNC(=O)CCc2cn(CCCCC3CCN(CC(=O)N4c5ccccc5NC(=O)c5ccccc54)CC3)cn2)c2ccccc21. The number of rotatable bonds is 27. The fourth-order valence-electron chi connectivity index (χ4n) is 12.5. The summed E-state index contributed by atoms with van der Waals surface area (Å²) in [6.45, 7) is 14.1. The number of nitrogens with one attached hydrogen (secondary N) is 3. The third kappa shape index (κ3) is 15.3. The van der Waals surface area contributed by atoms with Crippen molar-refractivity contribution >= 4 is 67.9 Å². The number of para-hydroxylation sites is 5. The van der Waals surface area contributed by atoms with E-state index in [-0.39, 0.29) is 40.2 Å². The number of nitrogens with zero attached hydrogens (tertiary/aromatic N) is 6. The maximum atomic E-state index is 13.9. The molecule has 16 nitrogen and oxygen atoms in total. The lowest BCUT2D eigenvalue weighted by atomic mass is 9.81. The van der Waals surface area contributed by atoms with E-state index in [2.05, 4.69) is 140 Å². The average Bonchev–Trinajstić information content (AvgIpc) is 3.69. The summed E-state index contributed by atoms with van der Waals surface area (Å²) in [6, 6.07) is 31.7. The smallest absolute Gasteiger partial charge is 0.264 e. The van der Waals surface area contributed by atoms with Gasteiger partial charge in [-0.15, -0.1) is 0 Å². The van der Waals surface area contributed by atoms with Crippen molar-refractivity contribution in [2.24, 2.45) is 5.92 Å². The van der Waals surface area contributed by atoms with Crippen molar-refractivity contribution in [1.29, 1.82) is 0 Å². The number of fused-ring (bicyclic) bond motifs is 4. The highest BCUT2D eigenvalue weighted by Crippen LogP contribution is 2.48. The molecule has 0 bridgehead atoms. The van der Waals surface area contributed by atoms with E-state index in [1.165, 1.54) is 22.5 Å². The summed E-state index contributed by atoms with van der Waals surface area (Å²) in [5.74, 6) is 0.0315. The van der Waals surface area contributed by atoms with Crippen molar-refractivity contribution in [1.82, 2.24) is 25.1 Å². The molecule has 4 amide bonds. The Hall–Kier alpha value is -7.47. The van der Waals surface area contributed by atoms with Gasteiger partial charge in [-0.2, -0.15) is 13.0 Å². The molecule has 4 N–H and O–H groups in total. The summed E-state index contributed by atoms with van der Waals surface area (Å²) in [6.07, 6.45) is 24.8. The molecule has 0 unspecified atom stereocenters. The third-order valence-electron chi connectivity index (χ3n) is 17.1. The number of unbranched alkanes of at least 4 members (excludes halogenated alkanes) is 4. The molecular formula is C67H84N9O7S+. The van der Waals surface area contributed by atoms with E-state index in [0.29, 0.717) is 86.8 Å². The maximum absolute atomic E-state index is 13.9. The van der Waals surface area contributed by atoms with E-state index in [1.807, 2.05) is 61.1 Å². The van der Waals surface area contributed by atoms with Crippen LogP contribution in [0.25, 0.3) is 0 Å². The second-order valence-electron chi connectivity index (χ2n) is 23.8. The lowest BCUT2D eigenvalue weighted by molar-refractivity contribution is -0.438.